The van der Waals surface area contributed by atoms with E-state index in [1.165, 1.54) is 65.5 Å². The van der Waals surface area contributed by atoms with Gasteiger partial charge in [-0.05, 0) is 93.2 Å². The van der Waals surface area contributed by atoms with Crippen LogP contribution in [0.25, 0.3) is 54.3 Å². The highest BCUT2D eigenvalue weighted by molar-refractivity contribution is 6.11. The van der Waals surface area contributed by atoms with Gasteiger partial charge in [-0.25, -0.2) is 0 Å². The van der Waals surface area contributed by atoms with Crippen LogP contribution in [0.1, 0.15) is 50.1 Å². The van der Waals surface area contributed by atoms with E-state index in [4.69, 9.17) is 4.98 Å². The summed E-state index contributed by atoms with van der Waals surface area (Å²) in [7, 11) is 0. The molecule has 0 radical (unpaired) electrons. The maximum absolute atomic E-state index is 4.84. The molecule has 1 aromatic heterocycles. The maximum atomic E-state index is 4.84. The number of hydrogen-bond acceptors (Lipinski definition) is 1. The van der Waals surface area contributed by atoms with Gasteiger partial charge in [0.2, 0.25) is 0 Å². The Morgan fingerprint density at radius 2 is 0.936 bits per heavy atom. The van der Waals surface area contributed by atoms with E-state index in [-0.39, 0.29) is 0 Å². The van der Waals surface area contributed by atoms with E-state index >= 15 is 0 Å². The summed E-state index contributed by atoms with van der Waals surface area (Å²) in [6, 6.07) is 53.3. The largest absolute Gasteiger partial charge is 0.252 e. The minimum atomic E-state index is 1.02. The van der Waals surface area contributed by atoms with Crippen molar-refractivity contribution < 1.29 is 0 Å². The van der Waals surface area contributed by atoms with E-state index in [9.17, 15) is 0 Å². The molecule has 7 aromatic carbocycles. The standard InChI is InChI=1S/C22H17N.C14H10.C6H6.2C2H6/c1-13-7-8-19-21(11-13)23-14(2)16-9-10-18-17-6-4-3-5-15(17)12-20(18)22(16)19;1-2-6-12-10-14-8-4-3-7-13(14)9-11(12)5-1;1-2-4-6-5-3-1;2*1-2/h3-11H,12H2,1-2H3;1-10H;1-6H;2*1-2H3. The molecule has 1 aliphatic rings. The number of nitrogens with zero attached hydrogens (tertiary/aromatic N) is 1. The summed E-state index contributed by atoms with van der Waals surface area (Å²) in [4.78, 5) is 4.84. The molecule has 0 saturated heterocycles. The second kappa shape index (κ2) is 15.8. The molecule has 234 valence electrons. The Hall–Kier alpha value is -5.27. The number of pyridine rings is 1. The minimum absolute atomic E-state index is 1.02. The lowest BCUT2D eigenvalue weighted by atomic mass is 9.95. The average Bonchev–Trinajstić information content (AvgIpc) is 3.53. The summed E-state index contributed by atoms with van der Waals surface area (Å²) >= 11 is 0. The van der Waals surface area contributed by atoms with Gasteiger partial charge in [-0.3, -0.25) is 4.98 Å². The zero-order valence-corrected chi connectivity index (χ0v) is 28.6. The molecule has 0 unspecified atom stereocenters. The number of rotatable bonds is 0. The zero-order valence-electron chi connectivity index (χ0n) is 28.6. The van der Waals surface area contributed by atoms with Crippen molar-refractivity contribution in [2.24, 2.45) is 0 Å². The third kappa shape index (κ3) is 7.26. The Kier molecular flexibility index (Phi) is 11.1. The summed E-state index contributed by atoms with van der Waals surface area (Å²) in [6.45, 7) is 12.3. The lowest BCUT2D eigenvalue weighted by molar-refractivity contribution is 1.26. The van der Waals surface area contributed by atoms with Crippen molar-refractivity contribution in [2.45, 2.75) is 48.0 Å². The van der Waals surface area contributed by atoms with Gasteiger partial charge in [-0.1, -0.05) is 161 Å². The van der Waals surface area contributed by atoms with Crippen molar-refractivity contribution >= 4 is 43.2 Å². The molecule has 9 rings (SSSR count). The first-order chi connectivity index (χ1) is 23.2. The third-order valence-electron chi connectivity index (χ3n) is 8.37. The minimum Gasteiger partial charge on any atom is -0.252 e. The molecular weight excluding hydrogens is 567 g/mol. The van der Waals surface area contributed by atoms with Crippen molar-refractivity contribution in [3.8, 4) is 11.1 Å². The third-order valence-corrected chi connectivity index (χ3v) is 8.37. The topological polar surface area (TPSA) is 12.9 Å². The SMILES string of the molecule is CC.CC.Cc1ccc2c(c1)nc(C)c1ccc3c(c12)Cc1ccccc1-3.c1ccc2cc3ccccc3cc2c1.c1ccccc1. The van der Waals surface area contributed by atoms with Gasteiger partial charge in [-0.2, -0.15) is 0 Å². The van der Waals surface area contributed by atoms with Crippen LogP contribution < -0.4 is 0 Å². The van der Waals surface area contributed by atoms with Crippen LogP contribution >= 0.6 is 0 Å². The van der Waals surface area contributed by atoms with Gasteiger partial charge in [0.1, 0.15) is 0 Å². The van der Waals surface area contributed by atoms with Crippen LogP contribution in [0.5, 0.6) is 0 Å². The van der Waals surface area contributed by atoms with Gasteiger partial charge in [0.15, 0.2) is 0 Å². The lowest BCUT2D eigenvalue weighted by Crippen LogP contribution is -1.93. The van der Waals surface area contributed by atoms with Gasteiger partial charge in [-0.15, -0.1) is 0 Å². The Morgan fingerprint density at radius 1 is 0.447 bits per heavy atom. The van der Waals surface area contributed by atoms with E-state index in [0.717, 1.165) is 17.6 Å². The molecule has 0 atom stereocenters. The average molecular weight is 612 g/mol. The Balaban J connectivity index is 0.000000153. The van der Waals surface area contributed by atoms with Crippen LogP contribution in [0.4, 0.5) is 0 Å². The highest BCUT2D eigenvalue weighted by Crippen LogP contribution is 2.42. The molecule has 0 amide bonds. The molecule has 1 nitrogen and oxygen atoms in total. The number of aromatic nitrogens is 1. The van der Waals surface area contributed by atoms with Gasteiger partial charge in [0.05, 0.1) is 5.52 Å². The van der Waals surface area contributed by atoms with Crippen LogP contribution in [-0.4, -0.2) is 4.98 Å². The van der Waals surface area contributed by atoms with Gasteiger partial charge < -0.3 is 0 Å². The van der Waals surface area contributed by atoms with Crippen LogP contribution in [0.15, 0.2) is 152 Å². The number of aryl methyl sites for hydroxylation is 2. The highest BCUT2D eigenvalue weighted by atomic mass is 14.7. The van der Waals surface area contributed by atoms with Gasteiger partial charge in [0, 0.05) is 16.5 Å². The summed E-state index contributed by atoms with van der Waals surface area (Å²) in [5.74, 6) is 0. The Labute approximate surface area is 280 Å². The summed E-state index contributed by atoms with van der Waals surface area (Å²) in [5, 5.41) is 9.20. The molecule has 0 spiro atoms. The van der Waals surface area contributed by atoms with E-state index in [1.807, 2.05) is 64.1 Å². The van der Waals surface area contributed by atoms with Crippen LogP contribution in [0, 0.1) is 13.8 Å². The van der Waals surface area contributed by atoms with E-state index in [2.05, 4.69) is 129 Å². The molecule has 0 N–H and O–H groups in total. The van der Waals surface area contributed by atoms with Crippen LogP contribution in [-0.2, 0) is 6.42 Å². The monoisotopic (exact) mass is 611 g/mol. The molecule has 47 heavy (non-hydrogen) atoms. The zero-order chi connectivity index (χ0) is 33.2. The molecular formula is C46H45N. The van der Waals surface area contributed by atoms with Gasteiger partial charge >= 0.3 is 0 Å². The number of benzene rings is 7. The number of hydrogen-bond donors (Lipinski definition) is 0. The normalized spacial score (nSPS) is 10.7. The van der Waals surface area contributed by atoms with E-state index < -0.39 is 0 Å². The number of fused-ring (bicyclic) bond motifs is 9. The first-order valence-electron chi connectivity index (χ1n) is 16.9. The predicted molar refractivity (Wildman–Crippen MR) is 208 cm³/mol. The Bertz CT molecular complexity index is 2100. The molecule has 1 aliphatic carbocycles. The fourth-order valence-corrected chi connectivity index (χ4v) is 6.27. The van der Waals surface area contributed by atoms with Crippen LogP contribution in [0.3, 0.4) is 0 Å². The highest BCUT2D eigenvalue weighted by Gasteiger charge is 2.22. The summed E-state index contributed by atoms with van der Waals surface area (Å²) in [5.41, 5.74) is 9.17. The molecule has 0 saturated carbocycles. The Morgan fingerprint density at radius 3 is 1.49 bits per heavy atom. The van der Waals surface area contributed by atoms with Crippen molar-refractivity contribution in [1.82, 2.24) is 4.98 Å². The molecule has 0 aliphatic heterocycles. The first kappa shape index (κ1) is 33.1. The molecule has 0 bridgehead atoms. The van der Waals surface area contributed by atoms with Crippen molar-refractivity contribution in [1.29, 1.82) is 0 Å². The first-order valence-corrected chi connectivity index (χ1v) is 16.9. The van der Waals surface area contributed by atoms with E-state index in [1.54, 1.807) is 0 Å². The molecule has 1 heterocycles. The van der Waals surface area contributed by atoms with Crippen LogP contribution in [0.2, 0.25) is 0 Å². The quantitative estimate of drug-likeness (QED) is 0.123. The lowest BCUT2D eigenvalue weighted by Gasteiger charge is -2.12. The molecule has 1 heteroatoms. The fraction of sp³-hybridized carbons (Fsp3) is 0.152. The second-order valence-electron chi connectivity index (χ2n) is 11.3. The smallest absolute Gasteiger partial charge is 0.0714 e. The summed E-state index contributed by atoms with van der Waals surface area (Å²) < 4.78 is 0. The summed E-state index contributed by atoms with van der Waals surface area (Å²) in [6.07, 6.45) is 1.02. The maximum Gasteiger partial charge on any atom is 0.0714 e. The van der Waals surface area contributed by atoms with Gasteiger partial charge in [0.25, 0.3) is 0 Å². The van der Waals surface area contributed by atoms with E-state index in [0.29, 0.717) is 0 Å². The molecule has 8 aromatic rings. The van der Waals surface area contributed by atoms with Crippen molar-refractivity contribution in [3.63, 3.8) is 0 Å². The molecule has 0 fully saturated rings. The second-order valence-corrected chi connectivity index (χ2v) is 11.3. The van der Waals surface area contributed by atoms with Crippen molar-refractivity contribution in [2.75, 3.05) is 0 Å². The predicted octanol–water partition coefficient (Wildman–Crippen LogP) is 13.3. The fourth-order valence-electron chi connectivity index (χ4n) is 6.27. The van der Waals surface area contributed by atoms with Crippen molar-refractivity contribution in [3.05, 3.63) is 174 Å².